The number of hydrazone groups is 1. The molecule has 5 nitrogen and oxygen atoms in total. The molecule has 0 amide bonds. The molecule has 0 heterocycles. The van der Waals surface area contributed by atoms with Crippen LogP contribution in [0.15, 0.2) is 35.4 Å². The molecule has 0 bridgehead atoms. The molecule has 0 aliphatic heterocycles. The fourth-order valence-corrected chi connectivity index (χ4v) is 3.38. The molecule has 1 aliphatic rings. The first-order chi connectivity index (χ1) is 12.7. The van der Waals surface area contributed by atoms with Crippen LogP contribution in [-0.2, 0) is 0 Å². The maximum Gasteiger partial charge on any atom is 0.119 e. The molecule has 1 aromatic carbocycles. The molecular formula is C21H32N4O. The van der Waals surface area contributed by atoms with E-state index >= 15 is 0 Å². The van der Waals surface area contributed by atoms with Crippen molar-refractivity contribution in [1.82, 2.24) is 15.6 Å². The molecule has 0 spiro atoms. The Morgan fingerprint density at radius 1 is 1.23 bits per heavy atom. The van der Waals surface area contributed by atoms with Crippen LogP contribution in [0, 0.1) is 18.4 Å². The van der Waals surface area contributed by atoms with Gasteiger partial charge in [0.15, 0.2) is 0 Å². The van der Waals surface area contributed by atoms with Gasteiger partial charge in [0, 0.05) is 37.8 Å². The lowest BCUT2D eigenvalue weighted by Crippen LogP contribution is -2.33. The SMILES string of the molecule is C#CN/N=C(\CCN(C)CCNC)[C@H]1CC[C@@H](Oc2ccccc2)CC1. The van der Waals surface area contributed by atoms with E-state index in [-0.39, 0.29) is 0 Å². The topological polar surface area (TPSA) is 48.9 Å². The third-order valence-corrected chi connectivity index (χ3v) is 4.95. The molecule has 142 valence electrons. The van der Waals surface area contributed by atoms with Crippen LogP contribution < -0.4 is 15.5 Å². The number of benzene rings is 1. The Morgan fingerprint density at radius 3 is 2.62 bits per heavy atom. The van der Waals surface area contributed by atoms with E-state index in [0.717, 1.165) is 57.5 Å². The molecular weight excluding hydrogens is 324 g/mol. The molecule has 1 aliphatic carbocycles. The minimum Gasteiger partial charge on any atom is -0.490 e. The summed E-state index contributed by atoms with van der Waals surface area (Å²) in [5.41, 5.74) is 3.91. The number of nitrogens with zero attached hydrogens (tertiary/aromatic N) is 2. The van der Waals surface area contributed by atoms with Crippen LogP contribution >= 0.6 is 0 Å². The largest absolute Gasteiger partial charge is 0.490 e. The number of ether oxygens (including phenoxy) is 1. The van der Waals surface area contributed by atoms with Gasteiger partial charge >= 0.3 is 0 Å². The third kappa shape index (κ3) is 7.07. The number of hydrogen-bond donors (Lipinski definition) is 2. The average Bonchev–Trinajstić information content (AvgIpc) is 2.68. The zero-order valence-corrected chi connectivity index (χ0v) is 16.1. The van der Waals surface area contributed by atoms with Crippen LogP contribution in [0.1, 0.15) is 32.1 Å². The highest BCUT2D eigenvalue weighted by Gasteiger charge is 2.26. The lowest BCUT2D eigenvalue weighted by molar-refractivity contribution is 0.144. The van der Waals surface area contributed by atoms with Crippen molar-refractivity contribution >= 4 is 5.71 Å². The number of nitrogens with one attached hydrogen (secondary N) is 2. The Bertz CT molecular complexity index is 573. The van der Waals surface area contributed by atoms with Crippen molar-refractivity contribution in [2.24, 2.45) is 11.0 Å². The summed E-state index contributed by atoms with van der Waals surface area (Å²) in [7, 11) is 4.13. The maximum atomic E-state index is 6.10. The predicted molar refractivity (Wildman–Crippen MR) is 108 cm³/mol. The molecule has 0 aromatic heterocycles. The van der Waals surface area contributed by atoms with Gasteiger partial charge in [-0.25, -0.2) is 5.43 Å². The summed E-state index contributed by atoms with van der Waals surface area (Å²) in [6, 6.07) is 12.5. The molecule has 1 saturated carbocycles. The Balaban J connectivity index is 1.83. The zero-order valence-electron chi connectivity index (χ0n) is 16.1. The summed E-state index contributed by atoms with van der Waals surface area (Å²) in [4.78, 5) is 2.33. The van der Waals surface area contributed by atoms with Gasteiger partial charge in [-0.2, -0.15) is 5.10 Å². The summed E-state index contributed by atoms with van der Waals surface area (Å²) in [6.07, 6.45) is 10.9. The van der Waals surface area contributed by atoms with Crippen LogP contribution in [-0.4, -0.2) is 50.4 Å². The normalized spacial score (nSPS) is 20.6. The van der Waals surface area contributed by atoms with Crippen molar-refractivity contribution in [3.8, 4) is 18.2 Å². The Hall–Kier alpha value is -2.03. The molecule has 2 N–H and O–H groups in total. The van der Waals surface area contributed by atoms with E-state index in [0.29, 0.717) is 12.0 Å². The van der Waals surface area contributed by atoms with Crippen molar-refractivity contribution in [3.63, 3.8) is 0 Å². The number of terminal acetylenes is 1. The van der Waals surface area contributed by atoms with Gasteiger partial charge in [0.05, 0.1) is 6.10 Å². The quantitative estimate of drug-likeness (QED) is 0.293. The second kappa shape index (κ2) is 11.6. The first kappa shape index (κ1) is 20.3. The minimum atomic E-state index is 0.300. The third-order valence-electron chi connectivity index (χ3n) is 4.95. The molecule has 0 saturated heterocycles. The molecule has 1 aromatic rings. The highest BCUT2D eigenvalue weighted by atomic mass is 16.5. The van der Waals surface area contributed by atoms with Gasteiger partial charge in [0.1, 0.15) is 5.75 Å². The van der Waals surface area contributed by atoms with E-state index in [1.807, 2.05) is 37.4 Å². The van der Waals surface area contributed by atoms with Crippen molar-refractivity contribution in [2.45, 2.75) is 38.2 Å². The first-order valence-corrected chi connectivity index (χ1v) is 9.54. The second-order valence-corrected chi connectivity index (χ2v) is 6.92. The highest BCUT2D eigenvalue weighted by molar-refractivity contribution is 5.87. The molecule has 1 fully saturated rings. The van der Waals surface area contributed by atoms with Crippen LogP contribution in [0.25, 0.3) is 0 Å². The number of para-hydroxylation sites is 1. The van der Waals surface area contributed by atoms with E-state index in [1.54, 1.807) is 0 Å². The molecule has 26 heavy (non-hydrogen) atoms. The minimum absolute atomic E-state index is 0.300. The van der Waals surface area contributed by atoms with Gasteiger partial charge in [-0.1, -0.05) is 24.6 Å². The molecule has 5 heteroatoms. The van der Waals surface area contributed by atoms with Gasteiger partial charge in [-0.15, -0.1) is 0 Å². The average molecular weight is 357 g/mol. The monoisotopic (exact) mass is 356 g/mol. The van der Waals surface area contributed by atoms with Gasteiger partial charge in [-0.3, -0.25) is 0 Å². The van der Waals surface area contributed by atoms with Crippen molar-refractivity contribution < 1.29 is 4.74 Å². The molecule has 0 atom stereocenters. The fraction of sp³-hybridized carbons (Fsp3) is 0.571. The standard InChI is InChI=1S/C21H32N4O/c1-4-23-24-21(14-16-25(3)17-15-22-2)18-10-12-20(13-11-18)26-19-8-6-5-7-9-19/h1,5-9,18,20,22-23H,10-17H2,2-3H3/b24-21+/t18-,20+. The molecule has 0 radical (unpaired) electrons. The van der Waals surface area contributed by atoms with Gasteiger partial charge in [0.2, 0.25) is 0 Å². The zero-order chi connectivity index (χ0) is 18.6. The first-order valence-electron chi connectivity index (χ1n) is 9.54. The Labute approximate surface area is 158 Å². The molecule has 0 unspecified atom stereocenters. The number of likely N-dealkylation sites (N-methyl/N-ethyl adjacent to an activating group) is 2. The van der Waals surface area contributed by atoms with Crippen molar-refractivity contribution in [1.29, 1.82) is 0 Å². The lowest BCUT2D eigenvalue weighted by atomic mass is 9.83. The van der Waals surface area contributed by atoms with E-state index in [4.69, 9.17) is 11.2 Å². The molecule has 2 rings (SSSR count). The Kier molecular flexibility index (Phi) is 9.02. The van der Waals surface area contributed by atoms with E-state index in [2.05, 4.69) is 33.8 Å². The maximum absolute atomic E-state index is 6.10. The van der Waals surface area contributed by atoms with Crippen LogP contribution in [0.4, 0.5) is 0 Å². The summed E-state index contributed by atoms with van der Waals surface area (Å²) in [5, 5.41) is 7.66. The van der Waals surface area contributed by atoms with Gasteiger partial charge in [-0.05, 0) is 57.8 Å². The Morgan fingerprint density at radius 2 is 1.96 bits per heavy atom. The number of rotatable bonds is 10. The summed E-state index contributed by atoms with van der Waals surface area (Å²) < 4.78 is 6.10. The summed E-state index contributed by atoms with van der Waals surface area (Å²) in [5.74, 6) is 1.45. The van der Waals surface area contributed by atoms with Gasteiger partial charge < -0.3 is 15.0 Å². The second-order valence-electron chi connectivity index (χ2n) is 6.92. The highest BCUT2D eigenvalue weighted by Crippen LogP contribution is 2.29. The lowest BCUT2D eigenvalue weighted by Gasteiger charge is -2.30. The van der Waals surface area contributed by atoms with Crippen LogP contribution in [0.2, 0.25) is 0 Å². The summed E-state index contributed by atoms with van der Waals surface area (Å²) in [6.45, 7) is 3.02. The van der Waals surface area contributed by atoms with E-state index < -0.39 is 0 Å². The van der Waals surface area contributed by atoms with E-state index in [9.17, 15) is 0 Å². The van der Waals surface area contributed by atoms with Gasteiger partial charge in [0.25, 0.3) is 0 Å². The van der Waals surface area contributed by atoms with Crippen molar-refractivity contribution in [2.75, 3.05) is 33.7 Å². The number of hydrogen-bond acceptors (Lipinski definition) is 5. The summed E-state index contributed by atoms with van der Waals surface area (Å²) >= 11 is 0. The van der Waals surface area contributed by atoms with Crippen LogP contribution in [0.5, 0.6) is 5.75 Å². The predicted octanol–water partition coefficient (Wildman–Crippen LogP) is 2.70. The fourth-order valence-electron chi connectivity index (χ4n) is 3.38. The van der Waals surface area contributed by atoms with E-state index in [1.165, 1.54) is 5.71 Å². The van der Waals surface area contributed by atoms with Crippen molar-refractivity contribution in [3.05, 3.63) is 30.3 Å². The smallest absolute Gasteiger partial charge is 0.119 e. The van der Waals surface area contributed by atoms with Crippen LogP contribution in [0.3, 0.4) is 0 Å².